The molecule has 1 N–H and O–H groups in total. The number of nitrogens with one attached hydrogen (secondary N) is 1. The molecule has 0 saturated carbocycles. The van der Waals surface area contributed by atoms with Crippen LogP contribution in [-0.4, -0.2) is 21.9 Å². The van der Waals surface area contributed by atoms with Crippen molar-refractivity contribution in [2.45, 2.75) is 31.5 Å². The van der Waals surface area contributed by atoms with Gasteiger partial charge in [0, 0.05) is 11.3 Å². The molecule has 0 aliphatic rings. The summed E-state index contributed by atoms with van der Waals surface area (Å²) in [7, 11) is 0. The number of nitrogens with zero attached hydrogens (tertiary/aromatic N) is 2. The van der Waals surface area contributed by atoms with E-state index in [1.54, 1.807) is 11.8 Å². The predicted octanol–water partition coefficient (Wildman–Crippen LogP) is 3.91. The van der Waals surface area contributed by atoms with Crippen LogP contribution in [0.5, 0.6) is 0 Å². The molecule has 0 atom stereocenters. The van der Waals surface area contributed by atoms with Gasteiger partial charge in [0.15, 0.2) is 4.34 Å². The number of carbonyl (C=O) groups excluding carboxylic acids is 1. The number of aryl methyl sites for hydroxylation is 2. The monoisotopic (exact) mass is 307 g/mol. The van der Waals surface area contributed by atoms with Crippen LogP contribution in [0.15, 0.2) is 22.5 Å². The molecule has 0 aliphatic carbocycles. The lowest BCUT2D eigenvalue weighted by Gasteiger charge is -2.04. The van der Waals surface area contributed by atoms with Gasteiger partial charge in [-0.25, -0.2) is 0 Å². The van der Waals surface area contributed by atoms with E-state index in [-0.39, 0.29) is 5.91 Å². The summed E-state index contributed by atoms with van der Waals surface area (Å²) in [4.78, 5) is 12.1. The number of rotatable bonds is 5. The molecule has 106 valence electrons. The number of hydrogen-bond donors (Lipinski definition) is 1. The zero-order chi connectivity index (χ0) is 14.5. The van der Waals surface area contributed by atoms with Crippen molar-refractivity contribution in [3.05, 3.63) is 34.9 Å². The maximum absolute atomic E-state index is 12.1. The number of carbonyl (C=O) groups is 1. The predicted molar refractivity (Wildman–Crippen MR) is 84.8 cm³/mol. The number of hydrogen-bond acceptors (Lipinski definition) is 5. The number of aromatic nitrogens is 2. The molecule has 2 aromatic rings. The second-order valence-electron chi connectivity index (χ2n) is 4.47. The molecule has 0 unspecified atom stereocenters. The van der Waals surface area contributed by atoms with E-state index in [9.17, 15) is 4.79 Å². The number of benzene rings is 1. The molecule has 20 heavy (non-hydrogen) atoms. The van der Waals surface area contributed by atoms with Gasteiger partial charge in [-0.15, -0.1) is 10.2 Å². The fourth-order valence-corrected chi connectivity index (χ4v) is 3.23. The van der Waals surface area contributed by atoms with E-state index < -0.39 is 0 Å². The van der Waals surface area contributed by atoms with Gasteiger partial charge in [-0.1, -0.05) is 36.1 Å². The molecule has 0 aliphatic heterocycles. The third-order valence-corrected chi connectivity index (χ3v) is 5.00. The van der Waals surface area contributed by atoms with Crippen LogP contribution in [0.4, 0.5) is 5.13 Å². The van der Waals surface area contributed by atoms with E-state index in [4.69, 9.17) is 0 Å². The fourth-order valence-electron chi connectivity index (χ4n) is 1.56. The summed E-state index contributed by atoms with van der Waals surface area (Å²) in [6, 6.07) is 5.66. The van der Waals surface area contributed by atoms with Gasteiger partial charge in [0.25, 0.3) is 5.91 Å². The normalized spacial score (nSPS) is 10.6. The third kappa shape index (κ3) is 3.80. The lowest BCUT2D eigenvalue weighted by Crippen LogP contribution is -2.12. The fraction of sp³-hybridized carbons (Fsp3) is 0.357. The topological polar surface area (TPSA) is 54.9 Å². The van der Waals surface area contributed by atoms with Gasteiger partial charge < -0.3 is 0 Å². The summed E-state index contributed by atoms with van der Waals surface area (Å²) < 4.78 is 0.891. The van der Waals surface area contributed by atoms with Crippen molar-refractivity contribution < 1.29 is 4.79 Å². The molecule has 1 heterocycles. The van der Waals surface area contributed by atoms with Crippen LogP contribution in [0.25, 0.3) is 0 Å². The highest BCUT2D eigenvalue weighted by Gasteiger charge is 2.11. The molecule has 1 aromatic heterocycles. The Bertz CT molecular complexity index is 610. The molecular formula is C14H17N3OS2. The highest BCUT2D eigenvalue weighted by atomic mass is 32.2. The first-order valence-electron chi connectivity index (χ1n) is 6.45. The summed E-state index contributed by atoms with van der Waals surface area (Å²) in [6.45, 7) is 6.14. The lowest BCUT2D eigenvalue weighted by atomic mass is 10.1. The van der Waals surface area contributed by atoms with Gasteiger partial charge >= 0.3 is 0 Å². The molecule has 0 spiro atoms. The van der Waals surface area contributed by atoms with Crippen LogP contribution < -0.4 is 5.32 Å². The third-order valence-electron chi connectivity index (χ3n) is 2.83. The molecule has 0 radical (unpaired) electrons. The minimum atomic E-state index is -0.142. The Morgan fingerprint density at radius 1 is 1.30 bits per heavy atom. The SMILES string of the molecule is CCCSc1nnc(NC(=O)c2ccc(C)c(C)c2)s1. The van der Waals surface area contributed by atoms with Crippen molar-refractivity contribution in [1.82, 2.24) is 10.2 Å². The molecule has 1 aromatic carbocycles. The second-order valence-corrected chi connectivity index (χ2v) is 6.79. The summed E-state index contributed by atoms with van der Waals surface area (Å²) in [5, 5.41) is 11.4. The summed E-state index contributed by atoms with van der Waals surface area (Å²) in [5.41, 5.74) is 2.93. The van der Waals surface area contributed by atoms with E-state index in [2.05, 4.69) is 22.4 Å². The van der Waals surface area contributed by atoms with Crippen LogP contribution in [0.2, 0.25) is 0 Å². The zero-order valence-corrected chi connectivity index (χ0v) is 13.4. The van der Waals surface area contributed by atoms with Gasteiger partial charge in [-0.05, 0) is 43.5 Å². The van der Waals surface area contributed by atoms with Crippen molar-refractivity contribution >= 4 is 34.1 Å². The Morgan fingerprint density at radius 3 is 2.80 bits per heavy atom. The van der Waals surface area contributed by atoms with E-state index >= 15 is 0 Å². The summed E-state index contributed by atoms with van der Waals surface area (Å²) in [6.07, 6.45) is 1.09. The Balaban J connectivity index is 2.03. The lowest BCUT2D eigenvalue weighted by molar-refractivity contribution is 0.102. The van der Waals surface area contributed by atoms with Crippen LogP contribution >= 0.6 is 23.1 Å². The van der Waals surface area contributed by atoms with Gasteiger partial charge in [-0.2, -0.15) is 0 Å². The Labute approximate surface area is 127 Å². The molecule has 4 nitrogen and oxygen atoms in total. The van der Waals surface area contributed by atoms with E-state index in [0.29, 0.717) is 10.7 Å². The summed E-state index contributed by atoms with van der Waals surface area (Å²) in [5.74, 6) is 0.871. The zero-order valence-electron chi connectivity index (χ0n) is 11.8. The summed E-state index contributed by atoms with van der Waals surface area (Å²) >= 11 is 3.07. The number of thioether (sulfide) groups is 1. The number of anilines is 1. The first-order chi connectivity index (χ1) is 9.60. The molecule has 0 bridgehead atoms. The maximum Gasteiger partial charge on any atom is 0.257 e. The standard InChI is InChI=1S/C14H17N3OS2/c1-4-7-19-14-17-16-13(20-14)15-12(18)11-6-5-9(2)10(3)8-11/h5-6,8H,4,7H2,1-3H3,(H,15,16,18). The van der Waals surface area contributed by atoms with Crippen molar-refractivity contribution in [1.29, 1.82) is 0 Å². The first kappa shape index (κ1) is 15.0. The van der Waals surface area contributed by atoms with Crippen LogP contribution in [0, 0.1) is 13.8 Å². The average molecular weight is 307 g/mol. The average Bonchev–Trinajstić information content (AvgIpc) is 2.87. The van der Waals surface area contributed by atoms with Crippen molar-refractivity contribution in [3.63, 3.8) is 0 Å². The largest absolute Gasteiger partial charge is 0.296 e. The number of amides is 1. The van der Waals surface area contributed by atoms with E-state index in [0.717, 1.165) is 22.1 Å². The maximum atomic E-state index is 12.1. The van der Waals surface area contributed by atoms with Gasteiger partial charge in [0.05, 0.1) is 0 Å². The first-order valence-corrected chi connectivity index (χ1v) is 8.25. The molecule has 1 amide bonds. The minimum Gasteiger partial charge on any atom is -0.296 e. The molecule has 0 fully saturated rings. The minimum absolute atomic E-state index is 0.142. The van der Waals surface area contributed by atoms with Crippen molar-refractivity contribution in [3.8, 4) is 0 Å². The molecule has 2 rings (SSSR count). The van der Waals surface area contributed by atoms with Crippen molar-refractivity contribution in [2.75, 3.05) is 11.1 Å². The van der Waals surface area contributed by atoms with Crippen molar-refractivity contribution in [2.24, 2.45) is 0 Å². The van der Waals surface area contributed by atoms with Crippen LogP contribution in [-0.2, 0) is 0 Å². The van der Waals surface area contributed by atoms with Crippen LogP contribution in [0.1, 0.15) is 34.8 Å². The smallest absolute Gasteiger partial charge is 0.257 e. The molecule has 6 heteroatoms. The Hall–Kier alpha value is -1.40. The molecular weight excluding hydrogens is 290 g/mol. The quantitative estimate of drug-likeness (QED) is 0.672. The van der Waals surface area contributed by atoms with E-state index in [1.165, 1.54) is 16.9 Å². The Kier molecular flexibility index (Phi) is 5.14. The second kappa shape index (κ2) is 6.85. The highest BCUT2D eigenvalue weighted by Crippen LogP contribution is 2.26. The Morgan fingerprint density at radius 2 is 2.10 bits per heavy atom. The van der Waals surface area contributed by atoms with Gasteiger partial charge in [-0.3, -0.25) is 10.1 Å². The van der Waals surface area contributed by atoms with Gasteiger partial charge in [0.1, 0.15) is 0 Å². The highest BCUT2D eigenvalue weighted by molar-refractivity contribution is 8.01. The molecule has 0 saturated heterocycles. The van der Waals surface area contributed by atoms with Gasteiger partial charge in [0.2, 0.25) is 5.13 Å². The van der Waals surface area contributed by atoms with E-state index in [1.807, 2.05) is 32.0 Å². The van der Waals surface area contributed by atoms with Crippen LogP contribution in [0.3, 0.4) is 0 Å².